The molecule has 0 saturated carbocycles. The zero-order valence-electron chi connectivity index (χ0n) is 13.0. The molecule has 5 heteroatoms. The molecule has 3 aromatic rings. The van der Waals surface area contributed by atoms with Gasteiger partial charge in [-0.05, 0) is 52.3 Å². The highest BCUT2D eigenvalue weighted by Crippen LogP contribution is 2.27. The Kier molecular flexibility index (Phi) is 4.68. The summed E-state index contributed by atoms with van der Waals surface area (Å²) >= 11 is 0. The maximum absolute atomic E-state index is 12.3. The van der Waals surface area contributed by atoms with Gasteiger partial charge in [-0.15, -0.1) is 9.24 Å². The third-order valence-corrected chi connectivity index (χ3v) is 4.25. The second-order valence-electron chi connectivity index (χ2n) is 5.65. The van der Waals surface area contributed by atoms with Gasteiger partial charge in [-0.2, -0.15) is 0 Å². The Morgan fingerprint density at radius 1 is 0.958 bits per heavy atom. The zero-order valence-corrected chi connectivity index (χ0v) is 14.1. The summed E-state index contributed by atoms with van der Waals surface area (Å²) in [6, 6.07) is 16.0. The first kappa shape index (κ1) is 16.3. The minimum absolute atomic E-state index is 0.0712. The maximum atomic E-state index is 12.3. The van der Waals surface area contributed by atoms with Crippen molar-refractivity contribution in [3.05, 3.63) is 65.7 Å². The van der Waals surface area contributed by atoms with E-state index in [4.69, 9.17) is 0 Å². The fourth-order valence-corrected chi connectivity index (χ4v) is 2.75. The number of nitrogens with one attached hydrogen (secondary N) is 1. The Labute approximate surface area is 142 Å². The van der Waals surface area contributed by atoms with Crippen molar-refractivity contribution in [1.29, 1.82) is 0 Å². The summed E-state index contributed by atoms with van der Waals surface area (Å²) in [5.74, 6) is -0.282. The highest BCUT2D eigenvalue weighted by Gasteiger charge is 2.12. The normalized spacial score (nSPS) is 10.7. The first-order chi connectivity index (χ1) is 11.5. The first-order valence-corrected chi connectivity index (χ1v) is 8.19. The molecule has 0 saturated heterocycles. The summed E-state index contributed by atoms with van der Waals surface area (Å²) in [5.41, 5.74) is 1.34. The topological polar surface area (TPSA) is 69.6 Å². The second-order valence-corrected chi connectivity index (χ2v) is 6.31. The van der Waals surface area contributed by atoms with E-state index < -0.39 is 0 Å². The van der Waals surface area contributed by atoms with Crippen molar-refractivity contribution in [3.8, 4) is 11.5 Å². The van der Waals surface area contributed by atoms with Crippen LogP contribution in [-0.2, 0) is 6.42 Å². The van der Waals surface area contributed by atoms with Gasteiger partial charge in [0.1, 0.15) is 11.5 Å². The molecule has 3 aromatic carbocycles. The molecular weight excluding hydrogens is 321 g/mol. The monoisotopic (exact) mass is 339 g/mol. The van der Waals surface area contributed by atoms with E-state index in [1.165, 1.54) is 6.07 Å². The Balaban J connectivity index is 1.71. The number of carbonyl (C=O) groups is 1. The Hall–Kier alpha value is -2.58. The molecule has 122 valence electrons. The number of rotatable bonds is 4. The van der Waals surface area contributed by atoms with E-state index in [-0.39, 0.29) is 23.0 Å². The van der Waals surface area contributed by atoms with E-state index in [0.717, 1.165) is 16.3 Å². The standard InChI is InChI=1S/C19H18NO3P/c21-15-4-3-13-11-18(22)17(10-14(13)9-15)19(23)20-8-7-12-1-5-16(24)6-2-12/h1-6,9-11,21-22H,7-8,24H2,(H,20,23). The molecule has 4 nitrogen and oxygen atoms in total. The second kappa shape index (κ2) is 6.90. The van der Waals surface area contributed by atoms with Gasteiger partial charge in [-0.1, -0.05) is 30.3 Å². The molecule has 0 spiro atoms. The highest BCUT2D eigenvalue weighted by molar-refractivity contribution is 7.27. The van der Waals surface area contributed by atoms with Crippen LogP contribution in [0.15, 0.2) is 54.6 Å². The average Bonchev–Trinajstić information content (AvgIpc) is 2.56. The highest BCUT2D eigenvalue weighted by atomic mass is 31.0. The molecule has 3 rings (SSSR count). The lowest BCUT2D eigenvalue weighted by atomic mass is 10.0. The largest absolute Gasteiger partial charge is 0.508 e. The Morgan fingerprint density at radius 3 is 2.46 bits per heavy atom. The maximum Gasteiger partial charge on any atom is 0.255 e. The minimum atomic E-state index is -0.333. The van der Waals surface area contributed by atoms with Gasteiger partial charge in [-0.3, -0.25) is 4.79 Å². The van der Waals surface area contributed by atoms with Crippen LogP contribution in [0, 0.1) is 0 Å². The number of fused-ring (bicyclic) bond motifs is 1. The van der Waals surface area contributed by atoms with Crippen LogP contribution in [0.25, 0.3) is 10.8 Å². The molecule has 0 aliphatic rings. The van der Waals surface area contributed by atoms with Gasteiger partial charge < -0.3 is 15.5 Å². The van der Waals surface area contributed by atoms with Crippen LogP contribution in [0.1, 0.15) is 15.9 Å². The number of phenolic OH excluding ortho intramolecular Hbond substituents is 2. The van der Waals surface area contributed by atoms with Gasteiger partial charge in [0, 0.05) is 6.54 Å². The predicted molar refractivity (Wildman–Crippen MR) is 99.1 cm³/mol. The smallest absolute Gasteiger partial charge is 0.255 e. The Morgan fingerprint density at radius 2 is 1.71 bits per heavy atom. The van der Waals surface area contributed by atoms with Gasteiger partial charge in [0.15, 0.2) is 0 Å². The quantitative estimate of drug-likeness (QED) is 0.640. The lowest BCUT2D eigenvalue weighted by Gasteiger charge is -2.09. The molecule has 0 aliphatic carbocycles. The molecule has 1 unspecified atom stereocenters. The molecular formula is C19H18NO3P. The number of aromatic hydroxyl groups is 2. The SMILES string of the molecule is O=C(NCCc1ccc(P)cc1)c1cc2cc(O)ccc2cc1O. The van der Waals surface area contributed by atoms with Crippen molar-refractivity contribution in [2.75, 3.05) is 6.54 Å². The molecule has 24 heavy (non-hydrogen) atoms. The zero-order chi connectivity index (χ0) is 17.1. The number of phenols is 2. The number of benzene rings is 3. The summed E-state index contributed by atoms with van der Waals surface area (Å²) < 4.78 is 0. The van der Waals surface area contributed by atoms with Gasteiger partial charge in [0.2, 0.25) is 0 Å². The van der Waals surface area contributed by atoms with Gasteiger partial charge in [0.05, 0.1) is 5.56 Å². The van der Waals surface area contributed by atoms with Crippen LogP contribution in [0.2, 0.25) is 0 Å². The van der Waals surface area contributed by atoms with Crippen molar-refractivity contribution in [3.63, 3.8) is 0 Å². The van der Waals surface area contributed by atoms with E-state index in [2.05, 4.69) is 14.6 Å². The van der Waals surface area contributed by atoms with Crippen LogP contribution in [0.5, 0.6) is 11.5 Å². The summed E-state index contributed by atoms with van der Waals surface area (Å²) in [7, 11) is 2.63. The van der Waals surface area contributed by atoms with E-state index in [1.807, 2.05) is 24.3 Å². The van der Waals surface area contributed by atoms with E-state index in [1.54, 1.807) is 24.3 Å². The fourth-order valence-electron chi connectivity index (χ4n) is 2.55. The van der Waals surface area contributed by atoms with Crippen molar-refractivity contribution in [2.24, 2.45) is 0 Å². The summed E-state index contributed by atoms with van der Waals surface area (Å²) in [4.78, 5) is 12.3. The minimum Gasteiger partial charge on any atom is -0.508 e. The van der Waals surface area contributed by atoms with Gasteiger partial charge in [-0.25, -0.2) is 0 Å². The van der Waals surface area contributed by atoms with E-state index >= 15 is 0 Å². The van der Waals surface area contributed by atoms with E-state index in [9.17, 15) is 15.0 Å². The van der Waals surface area contributed by atoms with Crippen LogP contribution in [-0.4, -0.2) is 22.7 Å². The van der Waals surface area contributed by atoms with Crippen LogP contribution in [0.3, 0.4) is 0 Å². The predicted octanol–water partition coefficient (Wildman–Crippen LogP) is 2.72. The van der Waals surface area contributed by atoms with Crippen LogP contribution in [0.4, 0.5) is 0 Å². The molecule has 0 heterocycles. The molecule has 0 aliphatic heterocycles. The molecule has 3 N–H and O–H groups in total. The molecule has 0 aromatic heterocycles. The van der Waals surface area contributed by atoms with Crippen LogP contribution < -0.4 is 10.6 Å². The Bertz CT molecular complexity index is 891. The molecule has 1 atom stereocenters. The molecule has 0 bridgehead atoms. The fraction of sp³-hybridized carbons (Fsp3) is 0.105. The van der Waals surface area contributed by atoms with E-state index in [0.29, 0.717) is 18.4 Å². The molecule has 1 amide bonds. The third-order valence-electron chi connectivity index (χ3n) is 3.86. The van der Waals surface area contributed by atoms with Crippen molar-refractivity contribution < 1.29 is 15.0 Å². The van der Waals surface area contributed by atoms with Crippen molar-refractivity contribution >= 4 is 31.2 Å². The lowest BCUT2D eigenvalue weighted by Crippen LogP contribution is -2.25. The van der Waals surface area contributed by atoms with Gasteiger partial charge >= 0.3 is 0 Å². The first-order valence-electron chi connectivity index (χ1n) is 7.61. The third kappa shape index (κ3) is 3.66. The molecule has 0 fully saturated rings. The van der Waals surface area contributed by atoms with Crippen LogP contribution >= 0.6 is 9.24 Å². The summed E-state index contributed by atoms with van der Waals surface area (Å²) in [6.07, 6.45) is 0.714. The van der Waals surface area contributed by atoms with Gasteiger partial charge in [0.25, 0.3) is 5.91 Å². The van der Waals surface area contributed by atoms with Crippen molar-refractivity contribution in [2.45, 2.75) is 6.42 Å². The van der Waals surface area contributed by atoms with Crippen molar-refractivity contribution in [1.82, 2.24) is 5.32 Å². The number of hydrogen-bond donors (Lipinski definition) is 3. The average molecular weight is 339 g/mol. The molecule has 0 radical (unpaired) electrons. The number of carbonyl (C=O) groups excluding carboxylic acids is 1. The summed E-state index contributed by atoms with van der Waals surface area (Å²) in [5, 5.41) is 25.0. The summed E-state index contributed by atoms with van der Waals surface area (Å²) in [6.45, 7) is 0.479. The number of amides is 1. The lowest BCUT2D eigenvalue weighted by molar-refractivity contribution is 0.0951. The number of hydrogen-bond acceptors (Lipinski definition) is 3.